The smallest absolute Gasteiger partial charge is 0.232 e. The number of hydrogen-bond acceptors (Lipinski definition) is 4. The molecule has 0 aromatic heterocycles. The fourth-order valence-electron chi connectivity index (χ4n) is 4.41. The van der Waals surface area contributed by atoms with Crippen molar-refractivity contribution >= 4 is 23.6 Å². The Hall–Kier alpha value is -0.750. The maximum atomic E-state index is 12.2. The van der Waals surface area contributed by atoms with Crippen LogP contribution in [0.15, 0.2) is 0 Å². The first kappa shape index (κ1) is 18.1. The molecule has 1 saturated heterocycles. The van der Waals surface area contributed by atoms with Crippen LogP contribution in [0.4, 0.5) is 0 Å². The van der Waals surface area contributed by atoms with E-state index in [1.165, 1.54) is 43.9 Å². The zero-order chi connectivity index (χ0) is 16.8. The van der Waals surface area contributed by atoms with E-state index in [2.05, 4.69) is 5.32 Å². The Balaban J connectivity index is 1.31. The molecule has 0 radical (unpaired) electrons. The number of amides is 2. The molecular weight excluding hydrogens is 324 g/mol. The van der Waals surface area contributed by atoms with Gasteiger partial charge in [0.25, 0.3) is 0 Å². The highest BCUT2D eigenvalue weighted by atomic mass is 32.2. The lowest BCUT2D eigenvalue weighted by molar-refractivity contribution is -0.132. The maximum Gasteiger partial charge on any atom is 0.232 e. The van der Waals surface area contributed by atoms with Crippen LogP contribution < -0.4 is 5.32 Å². The van der Waals surface area contributed by atoms with Crippen molar-refractivity contribution in [1.29, 1.82) is 0 Å². The van der Waals surface area contributed by atoms with Gasteiger partial charge in [-0.05, 0) is 31.1 Å². The highest BCUT2D eigenvalue weighted by Crippen LogP contribution is 2.40. The summed E-state index contributed by atoms with van der Waals surface area (Å²) < 4.78 is 5.25. The van der Waals surface area contributed by atoms with Crippen molar-refractivity contribution in [2.24, 2.45) is 11.8 Å². The van der Waals surface area contributed by atoms with Gasteiger partial charge < -0.3 is 15.0 Å². The Bertz CT molecular complexity index is 440. The number of fused-ring (bicyclic) bond motifs is 1. The van der Waals surface area contributed by atoms with E-state index in [1.807, 2.05) is 4.90 Å². The second-order valence-electron chi connectivity index (χ2n) is 7.37. The molecule has 2 amide bonds. The van der Waals surface area contributed by atoms with Gasteiger partial charge in [-0.25, -0.2) is 0 Å². The van der Waals surface area contributed by atoms with Crippen LogP contribution in [0.3, 0.4) is 0 Å². The number of carbonyl (C=O) groups excluding carboxylic acids is 2. The molecule has 3 atom stereocenters. The van der Waals surface area contributed by atoms with E-state index in [0.29, 0.717) is 43.9 Å². The Morgan fingerprint density at radius 2 is 1.75 bits per heavy atom. The van der Waals surface area contributed by atoms with Crippen LogP contribution in [0.1, 0.15) is 44.9 Å². The summed E-state index contributed by atoms with van der Waals surface area (Å²) in [6, 6.07) is 0.354. The normalized spacial score (nSPS) is 30.5. The molecule has 0 aromatic rings. The standard InChI is InChI=1S/C18H30N2O3S/c21-17(12-24-13-18(22)20-7-9-23-10-8-20)19-16-6-5-14-3-1-2-4-15(14)11-16/h14-16H,1-13H2,(H,19,21)/t14-,15-,16-/m1/s1. The molecule has 136 valence electrons. The van der Waals surface area contributed by atoms with E-state index in [-0.39, 0.29) is 11.8 Å². The monoisotopic (exact) mass is 354 g/mol. The van der Waals surface area contributed by atoms with Crippen molar-refractivity contribution in [3.63, 3.8) is 0 Å². The lowest BCUT2D eigenvalue weighted by Gasteiger charge is -2.39. The van der Waals surface area contributed by atoms with Gasteiger partial charge >= 0.3 is 0 Å². The second kappa shape index (κ2) is 9.09. The number of rotatable bonds is 5. The number of thioether (sulfide) groups is 1. The first-order chi connectivity index (χ1) is 11.7. The molecule has 6 heteroatoms. The zero-order valence-corrected chi connectivity index (χ0v) is 15.3. The van der Waals surface area contributed by atoms with Crippen LogP contribution in [-0.4, -0.2) is 60.6 Å². The molecular formula is C18H30N2O3S. The van der Waals surface area contributed by atoms with Crippen molar-refractivity contribution in [2.75, 3.05) is 37.8 Å². The minimum absolute atomic E-state index is 0.0917. The molecule has 1 aliphatic heterocycles. The number of nitrogens with zero attached hydrogens (tertiary/aromatic N) is 1. The summed E-state index contributed by atoms with van der Waals surface area (Å²) in [7, 11) is 0. The molecule has 0 bridgehead atoms. The summed E-state index contributed by atoms with van der Waals surface area (Å²) in [6.07, 6.45) is 9.06. The first-order valence-electron chi connectivity index (χ1n) is 9.45. The Morgan fingerprint density at radius 1 is 1.00 bits per heavy atom. The summed E-state index contributed by atoms with van der Waals surface area (Å²) in [6.45, 7) is 2.61. The van der Waals surface area contributed by atoms with Crippen LogP contribution >= 0.6 is 11.8 Å². The molecule has 2 aliphatic carbocycles. The molecule has 3 fully saturated rings. The minimum Gasteiger partial charge on any atom is -0.378 e. The third-order valence-corrected chi connectivity index (χ3v) is 6.64. The van der Waals surface area contributed by atoms with E-state index in [0.717, 1.165) is 24.7 Å². The van der Waals surface area contributed by atoms with Crippen molar-refractivity contribution in [2.45, 2.75) is 51.0 Å². The third-order valence-electron chi connectivity index (χ3n) is 5.73. The van der Waals surface area contributed by atoms with Gasteiger partial charge in [0.05, 0.1) is 24.7 Å². The number of morpholine rings is 1. The summed E-state index contributed by atoms with van der Waals surface area (Å²) in [5, 5.41) is 3.20. The van der Waals surface area contributed by atoms with E-state index < -0.39 is 0 Å². The van der Waals surface area contributed by atoms with E-state index in [4.69, 9.17) is 4.74 Å². The number of hydrogen-bond donors (Lipinski definition) is 1. The third kappa shape index (κ3) is 5.12. The van der Waals surface area contributed by atoms with E-state index in [1.54, 1.807) is 0 Å². The van der Waals surface area contributed by atoms with Gasteiger partial charge in [-0.2, -0.15) is 0 Å². The first-order valence-corrected chi connectivity index (χ1v) is 10.6. The predicted octanol–water partition coefficient (Wildman–Crippen LogP) is 2.05. The Morgan fingerprint density at radius 3 is 2.54 bits per heavy atom. The molecule has 0 aromatic carbocycles. The summed E-state index contributed by atoms with van der Waals surface area (Å²) >= 11 is 1.43. The van der Waals surface area contributed by atoms with Crippen molar-refractivity contribution < 1.29 is 14.3 Å². The van der Waals surface area contributed by atoms with Crippen molar-refractivity contribution in [1.82, 2.24) is 10.2 Å². The Kier molecular flexibility index (Phi) is 6.84. The molecule has 0 unspecified atom stereocenters. The molecule has 2 saturated carbocycles. The van der Waals surface area contributed by atoms with E-state index >= 15 is 0 Å². The highest BCUT2D eigenvalue weighted by molar-refractivity contribution is 8.00. The van der Waals surface area contributed by atoms with Gasteiger partial charge in [0.15, 0.2) is 0 Å². The van der Waals surface area contributed by atoms with Crippen LogP contribution in [0, 0.1) is 11.8 Å². The summed E-state index contributed by atoms with van der Waals surface area (Å²) in [5.41, 5.74) is 0. The van der Waals surface area contributed by atoms with Crippen LogP contribution in [0.25, 0.3) is 0 Å². The largest absolute Gasteiger partial charge is 0.378 e. The van der Waals surface area contributed by atoms with Crippen molar-refractivity contribution in [3.8, 4) is 0 Å². The Labute approximate surface area is 149 Å². The van der Waals surface area contributed by atoms with Gasteiger partial charge in [-0.15, -0.1) is 11.8 Å². The van der Waals surface area contributed by atoms with Crippen LogP contribution in [0.2, 0.25) is 0 Å². The highest BCUT2D eigenvalue weighted by Gasteiger charge is 2.32. The summed E-state index contributed by atoms with van der Waals surface area (Å²) in [5.74, 6) is 2.73. The van der Waals surface area contributed by atoms with Gasteiger partial charge in [-0.3, -0.25) is 9.59 Å². The molecule has 24 heavy (non-hydrogen) atoms. The number of carbonyl (C=O) groups is 2. The fraction of sp³-hybridized carbons (Fsp3) is 0.889. The second-order valence-corrected chi connectivity index (χ2v) is 8.35. The topological polar surface area (TPSA) is 58.6 Å². The number of nitrogens with one attached hydrogen (secondary N) is 1. The number of ether oxygens (including phenoxy) is 1. The van der Waals surface area contributed by atoms with Crippen LogP contribution in [0.5, 0.6) is 0 Å². The quantitative estimate of drug-likeness (QED) is 0.821. The fourth-order valence-corrected chi connectivity index (χ4v) is 5.14. The molecule has 0 spiro atoms. The molecule has 3 rings (SSSR count). The van der Waals surface area contributed by atoms with Crippen molar-refractivity contribution in [3.05, 3.63) is 0 Å². The van der Waals surface area contributed by atoms with Gasteiger partial charge in [0.2, 0.25) is 11.8 Å². The van der Waals surface area contributed by atoms with Gasteiger partial charge in [-0.1, -0.05) is 25.7 Å². The van der Waals surface area contributed by atoms with Gasteiger partial charge in [0.1, 0.15) is 0 Å². The zero-order valence-electron chi connectivity index (χ0n) is 14.5. The van der Waals surface area contributed by atoms with Gasteiger partial charge in [0, 0.05) is 19.1 Å². The average Bonchev–Trinajstić information content (AvgIpc) is 2.62. The minimum atomic E-state index is 0.0917. The average molecular weight is 355 g/mol. The summed E-state index contributed by atoms with van der Waals surface area (Å²) in [4.78, 5) is 26.0. The molecule has 1 heterocycles. The molecule has 1 N–H and O–H groups in total. The SMILES string of the molecule is O=C(CSCC(=O)N1CCOCC1)N[C@@H]1CC[C@H]2CCCC[C@@H]2C1. The molecule has 3 aliphatic rings. The maximum absolute atomic E-state index is 12.2. The van der Waals surface area contributed by atoms with E-state index in [9.17, 15) is 9.59 Å². The lowest BCUT2D eigenvalue weighted by Crippen LogP contribution is -2.43. The molecule has 5 nitrogen and oxygen atoms in total. The predicted molar refractivity (Wildman–Crippen MR) is 96.0 cm³/mol. The van der Waals surface area contributed by atoms with Crippen LogP contribution in [-0.2, 0) is 14.3 Å². The lowest BCUT2D eigenvalue weighted by atomic mass is 9.69.